The molecular weight excluding hydrogens is 344 g/mol. The Kier molecular flexibility index (Phi) is 7.23. The van der Waals surface area contributed by atoms with Crippen molar-refractivity contribution in [1.82, 2.24) is 10.9 Å². The maximum atomic E-state index is 12.0. The van der Waals surface area contributed by atoms with E-state index in [9.17, 15) is 9.59 Å². The Balaban J connectivity index is 1.73. The van der Waals surface area contributed by atoms with Gasteiger partial charge in [-0.15, -0.1) is 0 Å². The lowest BCUT2D eigenvalue weighted by molar-refractivity contribution is -0.133. The van der Waals surface area contributed by atoms with Crippen molar-refractivity contribution in [2.24, 2.45) is 0 Å². The van der Waals surface area contributed by atoms with Crippen LogP contribution in [0.2, 0.25) is 0 Å². The molecule has 0 heterocycles. The second kappa shape index (κ2) is 9.62. The van der Waals surface area contributed by atoms with Gasteiger partial charge >= 0.3 is 0 Å². The molecule has 0 aliphatic rings. The predicted molar refractivity (Wildman–Crippen MR) is 104 cm³/mol. The SMILES string of the molecule is Cc1ccc(OCC(=O)NNC(=O)[C@@H](C)Oc2ccc(C(C)C)cc2)cc1. The van der Waals surface area contributed by atoms with Gasteiger partial charge in [0.15, 0.2) is 12.7 Å². The summed E-state index contributed by atoms with van der Waals surface area (Å²) in [6, 6.07) is 14.9. The lowest BCUT2D eigenvalue weighted by atomic mass is 10.0. The van der Waals surface area contributed by atoms with Crippen LogP contribution in [0.4, 0.5) is 0 Å². The number of hydrogen-bond donors (Lipinski definition) is 2. The van der Waals surface area contributed by atoms with Crippen LogP contribution in [0.1, 0.15) is 37.8 Å². The highest BCUT2D eigenvalue weighted by molar-refractivity contribution is 5.85. The molecule has 0 spiro atoms. The normalized spacial score (nSPS) is 11.6. The summed E-state index contributed by atoms with van der Waals surface area (Å²) in [5.74, 6) is 0.695. The lowest BCUT2D eigenvalue weighted by Gasteiger charge is -2.16. The topological polar surface area (TPSA) is 76.7 Å². The average molecular weight is 370 g/mol. The summed E-state index contributed by atoms with van der Waals surface area (Å²) in [7, 11) is 0. The average Bonchev–Trinajstić information content (AvgIpc) is 2.66. The molecule has 2 rings (SSSR count). The van der Waals surface area contributed by atoms with Crippen molar-refractivity contribution >= 4 is 11.8 Å². The zero-order chi connectivity index (χ0) is 19.8. The van der Waals surface area contributed by atoms with Gasteiger partial charge in [-0.3, -0.25) is 20.4 Å². The Morgan fingerprint density at radius 1 is 0.889 bits per heavy atom. The van der Waals surface area contributed by atoms with Crippen LogP contribution >= 0.6 is 0 Å². The number of nitrogens with one attached hydrogen (secondary N) is 2. The van der Waals surface area contributed by atoms with Gasteiger partial charge in [0.2, 0.25) is 0 Å². The van der Waals surface area contributed by atoms with E-state index >= 15 is 0 Å². The van der Waals surface area contributed by atoms with Crippen LogP contribution in [-0.4, -0.2) is 24.5 Å². The molecule has 27 heavy (non-hydrogen) atoms. The number of benzene rings is 2. The van der Waals surface area contributed by atoms with Crippen molar-refractivity contribution in [3.63, 3.8) is 0 Å². The van der Waals surface area contributed by atoms with Crippen LogP contribution in [0.5, 0.6) is 11.5 Å². The van der Waals surface area contributed by atoms with Crippen LogP contribution < -0.4 is 20.3 Å². The van der Waals surface area contributed by atoms with Crippen LogP contribution in [-0.2, 0) is 9.59 Å². The summed E-state index contributed by atoms with van der Waals surface area (Å²) in [4.78, 5) is 23.8. The minimum Gasteiger partial charge on any atom is -0.484 e. The summed E-state index contributed by atoms with van der Waals surface area (Å²) in [5.41, 5.74) is 6.94. The first-order valence-electron chi connectivity index (χ1n) is 8.90. The third-order valence-electron chi connectivity index (χ3n) is 3.94. The number of carbonyl (C=O) groups excluding carboxylic acids is 2. The molecule has 2 aromatic rings. The Labute approximate surface area is 159 Å². The first kappa shape index (κ1) is 20.3. The highest BCUT2D eigenvalue weighted by Gasteiger charge is 2.15. The molecule has 0 saturated carbocycles. The molecule has 1 atom stereocenters. The highest BCUT2D eigenvalue weighted by Crippen LogP contribution is 2.19. The number of ether oxygens (including phenoxy) is 2. The number of aryl methyl sites for hydroxylation is 1. The number of rotatable bonds is 7. The minimum absolute atomic E-state index is 0.199. The standard InChI is InChI=1S/C21H26N2O4/c1-14(2)17-7-11-19(12-8-17)27-16(4)21(25)23-22-20(24)13-26-18-9-5-15(3)6-10-18/h5-12,14,16H,13H2,1-4H3,(H,22,24)(H,23,25)/t16-/m1/s1. The van der Waals surface area contributed by atoms with Gasteiger partial charge in [0.05, 0.1) is 0 Å². The minimum atomic E-state index is -0.756. The van der Waals surface area contributed by atoms with E-state index in [-0.39, 0.29) is 6.61 Å². The Morgan fingerprint density at radius 2 is 1.48 bits per heavy atom. The summed E-state index contributed by atoms with van der Waals surface area (Å²) in [6.07, 6.45) is -0.756. The van der Waals surface area contributed by atoms with Crippen molar-refractivity contribution in [1.29, 1.82) is 0 Å². The number of carbonyl (C=O) groups is 2. The molecule has 2 amide bonds. The summed E-state index contributed by atoms with van der Waals surface area (Å²) in [5, 5.41) is 0. The molecule has 0 saturated heterocycles. The van der Waals surface area contributed by atoms with Crippen LogP contribution in [0.15, 0.2) is 48.5 Å². The number of hydrogen-bond acceptors (Lipinski definition) is 4. The molecule has 2 aromatic carbocycles. The monoisotopic (exact) mass is 370 g/mol. The van der Waals surface area contributed by atoms with Crippen molar-refractivity contribution < 1.29 is 19.1 Å². The van der Waals surface area contributed by atoms with Crippen LogP contribution in [0, 0.1) is 6.92 Å². The molecule has 2 N–H and O–H groups in total. The van der Waals surface area contributed by atoms with E-state index in [4.69, 9.17) is 9.47 Å². The maximum absolute atomic E-state index is 12.0. The molecule has 0 radical (unpaired) electrons. The second-order valence-electron chi connectivity index (χ2n) is 6.62. The summed E-state index contributed by atoms with van der Waals surface area (Å²) in [6.45, 7) is 7.60. The van der Waals surface area contributed by atoms with Gasteiger partial charge in [-0.2, -0.15) is 0 Å². The van der Waals surface area contributed by atoms with E-state index in [0.29, 0.717) is 17.4 Å². The molecule has 0 fully saturated rings. The number of hydrazine groups is 1. The fraction of sp³-hybridized carbons (Fsp3) is 0.333. The third kappa shape index (κ3) is 6.66. The first-order chi connectivity index (χ1) is 12.8. The van der Waals surface area contributed by atoms with E-state index in [0.717, 1.165) is 5.56 Å². The zero-order valence-electron chi connectivity index (χ0n) is 16.1. The fourth-order valence-electron chi connectivity index (χ4n) is 2.24. The van der Waals surface area contributed by atoms with E-state index in [2.05, 4.69) is 24.7 Å². The molecule has 6 nitrogen and oxygen atoms in total. The Morgan fingerprint density at radius 3 is 2.07 bits per heavy atom. The third-order valence-corrected chi connectivity index (χ3v) is 3.94. The maximum Gasteiger partial charge on any atom is 0.279 e. The highest BCUT2D eigenvalue weighted by atomic mass is 16.5. The van der Waals surface area contributed by atoms with Gasteiger partial charge in [0, 0.05) is 0 Å². The first-order valence-corrected chi connectivity index (χ1v) is 8.90. The van der Waals surface area contributed by atoms with E-state index in [1.165, 1.54) is 5.56 Å². The van der Waals surface area contributed by atoms with Gasteiger partial charge < -0.3 is 9.47 Å². The summed E-state index contributed by atoms with van der Waals surface area (Å²) >= 11 is 0. The van der Waals surface area contributed by atoms with Gasteiger partial charge in [-0.25, -0.2) is 0 Å². The molecule has 6 heteroatoms. The largest absolute Gasteiger partial charge is 0.484 e. The van der Waals surface area contributed by atoms with Crippen molar-refractivity contribution in [2.45, 2.75) is 39.7 Å². The van der Waals surface area contributed by atoms with Crippen molar-refractivity contribution in [2.75, 3.05) is 6.61 Å². The van der Waals surface area contributed by atoms with Gasteiger partial charge in [0.1, 0.15) is 11.5 Å². The molecule has 0 aromatic heterocycles. The smallest absolute Gasteiger partial charge is 0.279 e. The number of amides is 2. The predicted octanol–water partition coefficient (Wildman–Crippen LogP) is 3.11. The zero-order valence-corrected chi connectivity index (χ0v) is 16.1. The molecular formula is C21H26N2O4. The molecule has 0 bridgehead atoms. The van der Waals surface area contributed by atoms with E-state index in [1.54, 1.807) is 19.1 Å². The Hall–Kier alpha value is -3.02. The van der Waals surface area contributed by atoms with Crippen molar-refractivity contribution in [3.8, 4) is 11.5 Å². The van der Waals surface area contributed by atoms with Crippen molar-refractivity contribution in [3.05, 3.63) is 59.7 Å². The fourth-order valence-corrected chi connectivity index (χ4v) is 2.24. The van der Waals surface area contributed by atoms with E-state index in [1.807, 2.05) is 43.3 Å². The van der Waals surface area contributed by atoms with E-state index < -0.39 is 17.9 Å². The second-order valence-corrected chi connectivity index (χ2v) is 6.62. The Bertz CT molecular complexity index is 755. The van der Waals surface area contributed by atoms with Crippen LogP contribution in [0.3, 0.4) is 0 Å². The molecule has 0 unspecified atom stereocenters. The summed E-state index contributed by atoms with van der Waals surface area (Å²) < 4.78 is 10.9. The molecule has 0 aliphatic heterocycles. The molecule has 0 aliphatic carbocycles. The lowest BCUT2D eigenvalue weighted by Crippen LogP contribution is -2.48. The quantitative estimate of drug-likeness (QED) is 0.734. The molecule has 144 valence electrons. The van der Waals surface area contributed by atoms with Gasteiger partial charge in [-0.1, -0.05) is 43.7 Å². The van der Waals surface area contributed by atoms with Gasteiger partial charge in [0.25, 0.3) is 11.8 Å². The van der Waals surface area contributed by atoms with Gasteiger partial charge in [-0.05, 0) is 49.6 Å². The van der Waals surface area contributed by atoms with Crippen LogP contribution in [0.25, 0.3) is 0 Å².